The molecular weight excluding hydrogens is 460 g/mol. The summed E-state index contributed by atoms with van der Waals surface area (Å²) in [5, 5.41) is 21.1. The number of amides is 2. The molecule has 0 radical (unpaired) electrons. The van der Waals surface area contributed by atoms with E-state index in [1.807, 2.05) is 34.9 Å². The van der Waals surface area contributed by atoms with Crippen LogP contribution in [0.3, 0.4) is 0 Å². The van der Waals surface area contributed by atoms with Crippen molar-refractivity contribution in [1.82, 2.24) is 20.3 Å². The molecule has 0 saturated heterocycles. The van der Waals surface area contributed by atoms with Gasteiger partial charge in [0.15, 0.2) is 0 Å². The van der Waals surface area contributed by atoms with Crippen molar-refractivity contribution in [2.24, 2.45) is 0 Å². The SMILES string of the molecule is CCCCc1ncc(C(=O)N[C@H](CCc2ccccc2)CC(=O)NO)n1Cc1ccc(C(=O)O)cc1. The second kappa shape index (κ2) is 13.2. The number of hydroxylamine groups is 1. The Morgan fingerprint density at radius 1 is 1.00 bits per heavy atom. The smallest absolute Gasteiger partial charge is 0.335 e. The lowest BCUT2D eigenvalue weighted by molar-refractivity contribution is -0.129. The molecule has 2 amide bonds. The number of benzene rings is 2. The molecule has 3 rings (SSSR count). The number of aromatic carboxylic acids is 1. The van der Waals surface area contributed by atoms with E-state index in [0.29, 0.717) is 31.5 Å². The van der Waals surface area contributed by atoms with Gasteiger partial charge >= 0.3 is 5.97 Å². The summed E-state index contributed by atoms with van der Waals surface area (Å²) >= 11 is 0. The Morgan fingerprint density at radius 2 is 1.72 bits per heavy atom. The molecule has 0 fully saturated rings. The van der Waals surface area contributed by atoms with Gasteiger partial charge in [-0.25, -0.2) is 15.3 Å². The average molecular weight is 493 g/mol. The number of hydrogen-bond acceptors (Lipinski definition) is 5. The third kappa shape index (κ3) is 7.51. The van der Waals surface area contributed by atoms with Crippen LogP contribution in [0.1, 0.15) is 70.4 Å². The van der Waals surface area contributed by atoms with Crippen LogP contribution in [0.4, 0.5) is 0 Å². The second-order valence-corrected chi connectivity index (χ2v) is 8.69. The van der Waals surface area contributed by atoms with Gasteiger partial charge in [-0.3, -0.25) is 14.8 Å². The number of rotatable bonds is 13. The lowest BCUT2D eigenvalue weighted by Gasteiger charge is -2.19. The van der Waals surface area contributed by atoms with Gasteiger partial charge in [-0.15, -0.1) is 0 Å². The van der Waals surface area contributed by atoms with Gasteiger partial charge in [-0.1, -0.05) is 55.8 Å². The summed E-state index contributed by atoms with van der Waals surface area (Å²) in [6.45, 7) is 2.43. The lowest BCUT2D eigenvalue weighted by atomic mass is 10.0. The van der Waals surface area contributed by atoms with Gasteiger partial charge in [0.1, 0.15) is 11.5 Å². The Hall–Kier alpha value is -3.98. The predicted molar refractivity (Wildman–Crippen MR) is 134 cm³/mol. The number of carbonyl (C=O) groups is 3. The number of unbranched alkanes of at least 4 members (excludes halogenated alkanes) is 1. The molecule has 4 N–H and O–H groups in total. The molecule has 190 valence electrons. The van der Waals surface area contributed by atoms with Gasteiger partial charge in [0.05, 0.1) is 11.8 Å². The van der Waals surface area contributed by atoms with E-state index in [-0.39, 0.29) is 17.9 Å². The van der Waals surface area contributed by atoms with Gasteiger partial charge in [0.25, 0.3) is 5.91 Å². The van der Waals surface area contributed by atoms with E-state index in [0.717, 1.165) is 29.8 Å². The molecule has 0 bridgehead atoms. The first-order valence-corrected chi connectivity index (χ1v) is 12.1. The summed E-state index contributed by atoms with van der Waals surface area (Å²) < 4.78 is 1.83. The molecule has 1 aromatic heterocycles. The van der Waals surface area contributed by atoms with E-state index in [9.17, 15) is 14.4 Å². The highest BCUT2D eigenvalue weighted by Gasteiger charge is 2.22. The second-order valence-electron chi connectivity index (χ2n) is 8.69. The molecule has 2 aromatic carbocycles. The number of carboxylic acids is 1. The third-order valence-corrected chi connectivity index (χ3v) is 5.98. The first-order chi connectivity index (χ1) is 17.4. The molecular formula is C27H32N4O5. The summed E-state index contributed by atoms with van der Waals surface area (Å²) in [7, 11) is 0. The van der Waals surface area contributed by atoms with Crippen molar-refractivity contribution in [3.63, 3.8) is 0 Å². The molecule has 9 heteroatoms. The first kappa shape index (κ1) is 26.6. The van der Waals surface area contributed by atoms with Crippen LogP contribution in [0.25, 0.3) is 0 Å². The molecule has 3 aromatic rings. The first-order valence-electron chi connectivity index (χ1n) is 12.1. The molecule has 0 aliphatic heterocycles. The van der Waals surface area contributed by atoms with Crippen LogP contribution < -0.4 is 10.8 Å². The molecule has 0 spiro atoms. The van der Waals surface area contributed by atoms with Gasteiger partial charge < -0.3 is 15.0 Å². The molecule has 0 saturated carbocycles. The van der Waals surface area contributed by atoms with Crippen LogP contribution in [0.15, 0.2) is 60.8 Å². The summed E-state index contributed by atoms with van der Waals surface area (Å²) in [5.41, 5.74) is 4.11. The van der Waals surface area contributed by atoms with Crippen LogP contribution in [-0.4, -0.2) is 43.7 Å². The van der Waals surface area contributed by atoms with E-state index < -0.39 is 17.9 Å². The number of carboxylic acid groups (broad SMARTS) is 1. The number of nitrogens with one attached hydrogen (secondary N) is 2. The highest BCUT2D eigenvalue weighted by atomic mass is 16.5. The third-order valence-electron chi connectivity index (χ3n) is 5.98. The number of imidazole rings is 1. The van der Waals surface area contributed by atoms with Gasteiger partial charge in [-0.05, 0) is 42.5 Å². The van der Waals surface area contributed by atoms with Crippen molar-refractivity contribution in [1.29, 1.82) is 0 Å². The van der Waals surface area contributed by atoms with Gasteiger partial charge in [0.2, 0.25) is 5.91 Å². The minimum Gasteiger partial charge on any atom is -0.478 e. The number of carbonyl (C=O) groups excluding carboxylic acids is 2. The van der Waals surface area contributed by atoms with Crippen LogP contribution in [0, 0.1) is 0 Å². The summed E-state index contributed by atoms with van der Waals surface area (Å²) in [6.07, 6.45) is 5.21. The Kier molecular flexibility index (Phi) is 9.76. The summed E-state index contributed by atoms with van der Waals surface area (Å²) in [4.78, 5) is 40.9. The fourth-order valence-electron chi connectivity index (χ4n) is 3.98. The average Bonchev–Trinajstić information content (AvgIpc) is 3.29. The number of aromatic nitrogens is 2. The quantitative estimate of drug-likeness (QED) is 0.213. The normalized spacial score (nSPS) is 11.6. The van der Waals surface area contributed by atoms with Gasteiger partial charge in [-0.2, -0.15) is 0 Å². The van der Waals surface area contributed by atoms with Crippen molar-refractivity contribution in [3.8, 4) is 0 Å². The Bertz CT molecular complexity index is 1160. The molecule has 0 aliphatic carbocycles. The monoisotopic (exact) mass is 492 g/mol. The van der Waals surface area contributed by atoms with E-state index >= 15 is 0 Å². The standard InChI is InChI=1S/C27H32N4O5/c1-2-3-9-24-28-17-23(31(24)18-20-10-13-21(14-11-20)27(34)35)26(33)29-22(16-25(32)30-36)15-12-19-7-5-4-6-8-19/h4-8,10-11,13-14,17,22,36H,2-3,9,12,15-16,18H2,1H3,(H,29,33)(H,30,32)(H,34,35)/t22-/m1/s1. The molecule has 1 heterocycles. The fourth-order valence-corrected chi connectivity index (χ4v) is 3.98. The highest BCUT2D eigenvalue weighted by Crippen LogP contribution is 2.15. The largest absolute Gasteiger partial charge is 0.478 e. The van der Waals surface area contributed by atoms with E-state index in [1.54, 1.807) is 17.6 Å². The van der Waals surface area contributed by atoms with Crippen LogP contribution in [0.2, 0.25) is 0 Å². The predicted octanol–water partition coefficient (Wildman–Crippen LogP) is 3.60. The van der Waals surface area contributed by atoms with Crippen molar-refractivity contribution < 1.29 is 24.7 Å². The van der Waals surface area contributed by atoms with Gasteiger partial charge in [0, 0.05) is 25.4 Å². The zero-order valence-corrected chi connectivity index (χ0v) is 20.3. The summed E-state index contributed by atoms with van der Waals surface area (Å²) in [5.74, 6) is -1.18. The van der Waals surface area contributed by atoms with Crippen LogP contribution in [-0.2, 0) is 24.2 Å². The molecule has 1 atom stereocenters. The number of nitrogens with zero attached hydrogens (tertiary/aromatic N) is 2. The molecule has 9 nitrogen and oxygen atoms in total. The number of hydrogen-bond donors (Lipinski definition) is 4. The van der Waals surface area contributed by atoms with E-state index in [2.05, 4.69) is 17.2 Å². The maximum Gasteiger partial charge on any atom is 0.335 e. The zero-order chi connectivity index (χ0) is 25.9. The Balaban J connectivity index is 1.80. The van der Waals surface area contributed by atoms with E-state index in [1.165, 1.54) is 18.3 Å². The van der Waals surface area contributed by atoms with Crippen molar-refractivity contribution in [2.45, 2.75) is 58.0 Å². The maximum absolute atomic E-state index is 13.3. The van der Waals surface area contributed by atoms with Crippen molar-refractivity contribution in [2.75, 3.05) is 0 Å². The summed E-state index contributed by atoms with van der Waals surface area (Å²) in [6, 6.07) is 15.8. The van der Waals surface area contributed by atoms with Crippen LogP contribution >= 0.6 is 0 Å². The topological polar surface area (TPSA) is 134 Å². The van der Waals surface area contributed by atoms with E-state index in [4.69, 9.17) is 10.3 Å². The minimum absolute atomic E-state index is 0.0669. The van der Waals surface area contributed by atoms with Crippen molar-refractivity contribution >= 4 is 17.8 Å². The molecule has 0 aliphatic rings. The maximum atomic E-state index is 13.3. The fraction of sp³-hybridized carbons (Fsp3) is 0.333. The highest BCUT2D eigenvalue weighted by molar-refractivity contribution is 5.93. The lowest BCUT2D eigenvalue weighted by Crippen LogP contribution is -2.40. The minimum atomic E-state index is -0.999. The molecule has 0 unspecified atom stereocenters. The Morgan fingerprint density at radius 3 is 2.36 bits per heavy atom. The van der Waals surface area contributed by atoms with Crippen LogP contribution in [0.5, 0.6) is 0 Å². The molecule has 36 heavy (non-hydrogen) atoms. The van der Waals surface area contributed by atoms with Crippen molar-refractivity contribution in [3.05, 3.63) is 89.0 Å². The Labute approximate surface area is 210 Å². The number of aryl methyl sites for hydroxylation is 2. The zero-order valence-electron chi connectivity index (χ0n) is 20.3.